The van der Waals surface area contributed by atoms with Gasteiger partial charge in [-0.25, -0.2) is 9.18 Å². The molecule has 1 aromatic rings. The molecule has 0 spiro atoms. The number of carboxylic acid groups (broad SMARTS) is 1. The highest BCUT2D eigenvalue weighted by Gasteiger charge is 2.32. The van der Waals surface area contributed by atoms with E-state index in [4.69, 9.17) is 5.11 Å². The summed E-state index contributed by atoms with van der Waals surface area (Å²) < 4.78 is 14.6. The van der Waals surface area contributed by atoms with Gasteiger partial charge in [0.25, 0.3) is 0 Å². The summed E-state index contributed by atoms with van der Waals surface area (Å²) in [6, 6.07) is 3.81. The Kier molecular flexibility index (Phi) is 5.62. The van der Waals surface area contributed by atoms with Crippen LogP contribution in [-0.4, -0.2) is 35.1 Å². The van der Waals surface area contributed by atoms with Crippen molar-refractivity contribution in [3.63, 3.8) is 0 Å². The Morgan fingerprint density at radius 3 is 2.74 bits per heavy atom. The summed E-state index contributed by atoms with van der Waals surface area (Å²) in [5, 5.41) is 11.9. The van der Waals surface area contributed by atoms with Crippen molar-refractivity contribution in [1.82, 2.24) is 10.2 Å². The summed E-state index contributed by atoms with van der Waals surface area (Å²) in [5.41, 5.74) is 0.390. The minimum absolute atomic E-state index is 0.121. The average molecular weight is 387 g/mol. The van der Waals surface area contributed by atoms with Crippen LogP contribution in [-0.2, 0) is 4.79 Å². The SMILES string of the molecule is CC1CC(C(=O)O)CN(C(=O)N[C@H](C)c2ccc(Br)cc2F)C1. The molecular weight excluding hydrogens is 367 g/mol. The van der Waals surface area contributed by atoms with Crippen LogP contribution in [0.25, 0.3) is 0 Å². The van der Waals surface area contributed by atoms with Crippen LogP contribution in [0.2, 0.25) is 0 Å². The van der Waals surface area contributed by atoms with Gasteiger partial charge in [0, 0.05) is 23.1 Å². The molecule has 23 heavy (non-hydrogen) atoms. The van der Waals surface area contributed by atoms with Gasteiger partial charge in [-0.15, -0.1) is 0 Å². The van der Waals surface area contributed by atoms with Gasteiger partial charge in [0.15, 0.2) is 0 Å². The Hall–Kier alpha value is -1.63. The fraction of sp³-hybridized carbons (Fsp3) is 0.500. The first-order valence-corrected chi connectivity index (χ1v) is 8.30. The van der Waals surface area contributed by atoms with E-state index in [1.165, 1.54) is 11.0 Å². The van der Waals surface area contributed by atoms with Gasteiger partial charge in [0.1, 0.15) is 5.82 Å². The maximum Gasteiger partial charge on any atom is 0.317 e. The number of benzene rings is 1. The van der Waals surface area contributed by atoms with Gasteiger partial charge < -0.3 is 15.3 Å². The van der Waals surface area contributed by atoms with Gasteiger partial charge in [0.2, 0.25) is 0 Å². The van der Waals surface area contributed by atoms with E-state index in [0.717, 1.165) is 0 Å². The van der Waals surface area contributed by atoms with Gasteiger partial charge in [-0.05, 0) is 31.4 Å². The van der Waals surface area contributed by atoms with Crippen molar-refractivity contribution in [2.24, 2.45) is 11.8 Å². The topological polar surface area (TPSA) is 69.6 Å². The molecule has 0 saturated carbocycles. The first kappa shape index (κ1) is 17.7. The van der Waals surface area contributed by atoms with E-state index in [0.29, 0.717) is 23.0 Å². The number of halogens is 2. The number of hydrogen-bond acceptors (Lipinski definition) is 2. The molecule has 2 amide bonds. The van der Waals surface area contributed by atoms with Crippen molar-refractivity contribution in [3.8, 4) is 0 Å². The van der Waals surface area contributed by atoms with Crippen molar-refractivity contribution < 1.29 is 19.1 Å². The number of likely N-dealkylation sites (tertiary alicyclic amines) is 1. The second-order valence-corrected chi connectivity index (χ2v) is 7.03. The van der Waals surface area contributed by atoms with Crippen molar-refractivity contribution in [2.45, 2.75) is 26.3 Å². The summed E-state index contributed by atoms with van der Waals surface area (Å²) >= 11 is 3.19. The minimum atomic E-state index is -0.888. The number of carbonyl (C=O) groups excluding carboxylic acids is 1. The second-order valence-electron chi connectivity index (χ2n) is 6.12. The molecule has 5 nitrogen and oxygen atoms in total. The molecule has 2 rings (SSSR count). The van der Waals surface area contributed by atoms with Gasteiger partial charge in [-0.3, -0.25) is 4.79 Å². The first-order valence-electron chi connectivity index (χ1n) is 7.51. The number of aliphatic carboxylic acids is 1. The maximum absolute atomic E-state index is 14.0. The summed E-state index contributed by atoms with van der Waals surface area (Å²) in [7, 11) is 0. The van der Waals surface area contributed by atoms with E-state index >= 15 is 0 Å². The van der Waals surface area contributed by atoms with Gasteiger partial charge in [0.05, 0.1) is 12.0 Å². The standard InChI is InChI=1S/C16H20BrFN2O3/c1-9-5-11(15(21)22)8-20(7-9)16(23)19-10(2)13-4-3-12(17)6-14(13)18/h3-4,6,9-11H,5,7-8H2,1-2H3,(H,19,23)(H,21,22)/t9?,10-,11?/m1/s1. The molecule has 7 heteroatoms. The third-order valence-electron chi connectivity index (χ3n) is 4.07. The molecule has 1 fully saturated rings. The predicted octanol–water partition coefficient (Wildman–Crippen LogP) is 3.40. The molecule has 0 bridgehead atoms. The fourth-order valence-electron chi connectivity index (χ4n) is 2.90. The quantitative estimate of drug-likeness (QED) is 0.835. The zero-order valence-corrected chi connectivity index (χ0v) is 14.6. The Morgan fingerprint density at radius 1 is 1.43 bits per heavy atom. The zero-order valence-electron chi connectivity index (χ0n) is 13.1. The fourth-order valence-corrected chi connectivity index (χ4v) is 3.24. The van der Waals surface area contributed by atoms with Crippen molar-refractivity contribution in [1.29, 1.82) is 0 Å². The number of piperidine rings is 1. The molecule has 3 atom stereocenters. The second kappa shape index (κ2) is 7.29. The number of nitrogens with one attached hydrogen (secondary N) is 1. The normalized spacial score (nSPS) is 22.5. The molecule has 1 aliphatic heterocycles. The monoisotopic (exact) mass is 386 g/mol. The van der Waals surface area contributed by atoms with E-state index in [1.807, 2.05) is 6.92 Å². The smallest absolute Gasteiger partial charge is 0.317 e. The zero-order chi connectivity index (χ0) is 17.1. The predicted molar refractivity (Wildman–Crippen MR) is 87.5 cm³/mol. The van der Waals surface area contributed by atoms with Crippen LogP contribution in [0.3, 0.4) is 0 Å². The number of hydrogen-bond donors (Lipinski definition) is 2. The van der Waals surface area contributed by atoms with Crippen LogP contribution in [0.15, 0.2) is 22.7 Å². The summed E-state index contributed by atoms with van der Waals surface area (Å²) in [5.74, 6) is -1.72. The van der Waals surface area contributed by atoms with Crippen molar-refractivity contribution in [2.75, 3.05) is 13.1 Å². The number of amides is 2. The Labute approximate surface area is 143 Å². The number of carbonyl (C=O) groups is 2. The van der Waals surface area contributed by atoms with Crippen LogP contribution < -0.4 is 5.32 Å². The minimum Gasteiger partial charge on any atom is -0.481 e. The highest BCUT2D eigenvalue weighted by molar-refractivity contribution is 9.10. The maximum atomic E-state index is 14.0. The lowest BCUT2D eigenvalue weighted by molar-refractivity contribution is -0.143. The summed E-state index contributed by atoms with van der Waals surface area (Å²) in [4.78, 5) is 25.0. The van der Waals surface area contributed by atoms with E-state index in [2.05, 4.69) is 21.2 Å². The molecule has 2 unspecified atom stereocenters. The van der Waals surface area contributed by atoms with Gasteiger partial charge >= 0.3 is 12.0 Å². The van der Waals surface area contributed by atoms with Crippen LogP contribution in [0, 0.1) is 17.7 Å². The van der Waals surface area contributed by atoms with Crippen LogP contribution in [0.1, 0.15) is 31.9 Å². The van der Waals surface area contributed by atoms with Crippen LogP contribution in [0.5, 0.6) is 0 Å². The molecular formula is C16H20BrFN2O3. The lowest BCUT2D eigenvalue weighted by Gasteiger charge is -2.35. The van der Waals surface area contributed by atoms with Crippen LogP contribution >= 0.6 is 15.9 Å². The van der Waals surface area contributed by atoms with Gasteiger partial charge in [-0.2, -0.15) is 0 Å². The molecule has 126 valence electrons. The largest absolute Gasteiger partial charge is 0.481 e. The molecule has 2 N–H and O–H groups in total. The Bertz CT molecular complexity index is 611. The van der Waals surface area contributed by atoms with E-state index in [-0.39, 0.29) is 18.5 Å². The molecule has 1 aliphatic rings. The number of rotatable bonds is 3. The Balaban J connectivity index is 2.04. The number of carboxylic acids is 1. The highest BCUT2D eigenvalue weighted by Crippen LogP contribution is 2.24. The third kappa shape index (κ3) is 4.43. The van der Waals surface area contributed by atoms with E-state index < -0.39 is 23.7 Å². The van der Waals surface area contributed by atoms with E-state index in [1.54, 1.807) is 19.1 Å². The van der Waals surface area contributed by atoms with Gasteiger partial charge in [-0.1, -0.05) is 28.9 Å². The third-order valence-corrected chi connectivity index (χ3v) is 4.56. The summed E-state index contributed by atoms with van der Waals surface area (Å²) in [6.45, 7) is 4.31. The van der Waals surface area contributed by atoms with Crippen molar-refractivity contribution >= 4 is 27.9 Å². The average Bonchev–Trinajstić information content (AvgIpc) is 2.46. The molecule has 1 aromatic carbocycles. The molecule has 0 radical (unpaired) electrons. The lowest BCUT2D eigenvalue weighted by Crippen LogP contribution is -2.50. The number of nitrogens with zero attached hydrogens (tertiary/aromatic N) is 1. The molecule has 1 saturated heterocycles. The molecule has 1 heterocycles. The molecule has 0 aliphatic carbocycles. The van der Waals surface area contributed by atoms with E-state index in [9.17, 15) is 14.0 Å². The van der Waals surface area contributed by atoms with Crippen molar-refractivity contribution in [3.05, 3.63) is 34.1 Å². The number of urea groups is 1. The highest BCUT2D eigenvalue weighted by atomic mass is 79.9. The summed E-state index contributed by atoms with van der Waals surface area (Å²) in [6.07, 6.45) is 0.565. The first-order chi connectivity index (χ1) is 10.8. The van der Waals surface area contributed by atoms with Crippen LogP contribution in [0.4, 0.5) is 9.18 Å². The molecule has 0 aromatic heterocycles. The lowest BCUT2D eigenvalue weighted by atomic mass is 9.91. The Morgan fingerprint density at radius 2 is 2.13 bits per heavy atom.